The molecule has 0 saturated carbocycles. The van der Waals surface area contributed by atoms with Gasteiger partial charge < -0.3 is 15.2 Å². The van der Waals surface area contributed by atoms with E-state index < -0.39 is 12.0 Å². The summed E-state index contributed by atoms with van der Waals surface area (Å²) < 4.78 is 5.19. The molecule has 0 saturated heterocycles. The Hall–Kier alpha value is -0.610. The molecule has 0 bridgehead atoms. The molecule has 4 nitrogen and oxygen atoms in total. The van der Waals surface area contributed by atoms with Gasteiger partial charge in [-0.1, -0.05) is 13.3 Å². The summed E-state index contributed by atoms with van der Waals surface area (Å²) in [6.45, 7) is 6.36. The molecule has 0 aliphatic carbocycles. The Balaban J connectivity index is 3.99. The number of nitrogens with one attached hydrogen (secondary N) is 1. The van der Waals surface area contributed by atoms with Crippen molar-refractivity contribution in [3.63, 3.8) is 0 Å². The van der Waals surface area contributed by atoms with Crippen molar-refractivity contribution in [2.24, 2.45) is 0 Å². The van der Waals surface area contributed by atoms with E-state index in [-0.39, 0.29) is 5.60 Å². The van der Waals surface area contributed by atoms with Crippen LogP contribution >= 0.6 is 0 Å². The molecule has 0 aliphatic rings. The highest BCUT2D eigenvalue weighted by atomic mass is 16.5. The van der Waals surface area contributed by atoms with E-state index in [4.69, 9.17) is 9.84 Å². The van der Waals surface area contributed by atoms with Crippen molar-refractivity contribution in [3.8, 4) is 0 Å². The first-order valence-electron chi connectivity index (χ1n) is 4.94. The van der Waals surface area contributed by atoms with Gasteiger partial charge in [0.2, 0.25) is 0 Å². The highest BCUT2D eigenvalue weighted by Crippen LogP contribution is 2.06. The lowest BCUT2D eigenvalue weighted by Crippen LogP contribution is -2.45. The first kappa shape index (κ1) is 13.4. The van der Waals surface area contributed by atoms with Gasteiger partial charge in [-0.3, -0.25) is 4.79 Å². The maximum atomic E-state index is 10.8. The summed E-state index contributed by atoms with van der Waals surface area (Å²) in [4.78, 5) is 10.8. The number of hydrogen-bond donors (Lipinski definition) is 2. The second-order valence-corrected chi connectivity index (χ2v) is 4.02. The average molecular weight is 203 g/mol. The average Bonchev–Trinajstić information content (AvgIpc) is 2.12. The van der Waals surface area contributed by atoms with E-state index in [2.05, 4.69) is 5.32 Å². The third kappa shape index (κ3) is 5.19. The predicted octanol–water partition coefficient (Wildman–Crippen LogP) is 1.25. The van der Waals surface area contributed by atoms with Crippen molar-refractivity contribution in [1.29, 1.82) is 0 Å². The Bertz CT molecular complexity index is 180. The maximum absolute atomic E-state index is 10.8. The Kier molecular flexibility index (Phi) is 5.72. The summed E-state index contributed by atoms with van der Waals surface area (Å²) in [6.07, 6.45) is 1.51. The van der Waals surface area contributed by atoms with Gasteiger partial charge in [0.1, 0.15) is 6.04 Å². The van der Waals surface area contributed by atoms with Crippen LogP contribution in [0.25, 0.3) is 0 Å². The van der Waals surface area contributed by atoms with Crippen LogP contribution in [-0.4, -0.2) is 36.4 Å². The molecule has 4 heteroatoms. The molecule has 0 fully saturated rings. The lowest BCUT2D eigenvalue weighted by molar-refractivity contribution is -0.140. The van der Waals surface area contributed by atoms with Gasteiger partial charge >= 0.3 is 5.97 Å². The Morgan fingerprint density at radius 1 is 1.57 bits per heavy atom. The van der Waals surface area contributed by atoms with Crippen LogP contribution in [0.5, 0.6) is 0 Å². The molecule has 84 valence electrons. The second kappa shape index (κ2) is 5.98. The van der Waals surface area contributed by atoms with Crippen LogP contribution in [0.15, 0.2) is 0 Å². The van der Waals surface area contributed by atoms with Gasteiger partial charge in [-0.25, -0.2) is 0 Å². The van der Waals surface area contributed by atoms with Gasteiger partial charge in [0.25, 0.3) is 0 Å². The molecule has 14 heavy (non-hydrogen) atoms. The minimum Gasteiger partial charge on any atom is -0.480 e. The molecule has 0 aliphatic heterocycles. The van der Waals surface area contributed by atoms with Crippen LogP contribution < -0.4 is 5.32 Å². The largest absolute Gasteiger partial charge is 0.480 e. The van der Waals surface area contributed by atoms with Crippen LogP contribution in [0, 0.1) is 0 Å². The summed E-state index contributed by atoms with van der Waals surface area (Å²) in [7, 11) is 1.62. The fourth-order valence-corrected chi connectivity index (χ4v) is 1.04. The van der Waals surface area contributed by atoms with Gasteiger partial charge in [0.15, 0.2) is 0 Å². The van der Waals surface area contributed by atoms with E-state index in [0.29, 0.717) is 13.0 Å². The van der Waals surface area contributed by atoms with Crippen molar-refractivity contribution in [2.45, 2.75) is 45.3 Å². The summed E-state index contributed by atoms with van der Waals surface area (Å²) in [5, 5.41) is 11.9. The van der Waals surface area contributed by atoms with Crippen LogP contribution in [0.3, 0.4) is 0 Å². The van der Waals surface area contributed by atoms with Crippen LogP contribution in [0.2, 0.25) is 0 Å². The molecular formula is C10H21NO3. The smallest absolute Gasteiger partial charge is 0.320 e. The van der Waals surface area contributed by atoms with Gasteiger partial charge in [-0.05, 0) is 20.3 Å². The predicted molar refractivity (Wildman–Crippen MR) is 55.4 cm³/mol. The van der Waals surface area contributed by atoms with Crippen molar-refractivity contribution >= 4 is 5.97 Å². The van der Waals surface area contributed by atoms with Gasteiger partial charge in [0, 0.05) is 13.7 Å². The number of aliphatic carboxylic acids is 1. The van der Waals surface area contributed by atoms with E-state index in [1.165, 1.54) is 0 Å². The standard InChI is InChI=1S/C10H21NO3/c1-5-6-8(9(12)13)11-7-10(2,3)14-4/h8,11H,5-7H2,1-4H3,(H,12,13). The van der Waals surface area contributed by atoms with Crippen LogP contribution in [0.4, 0.5) is 0 Å². The zero-order valence-corrected chi connectivity index (χ0v) is 9.46. The molecule has 0 aromatic rings. The number of ether oxygens (including phenoxy) is 1. The van der Waals surface area contributed by atoms with Crippen molar-refractivity contribution in [2.75, 3.05) is 13.7 Å². The molecule has 0 rings (SSSR count). The van der Waals surface area contributed by atoms with E-state index in [1.807, 2.05) is 20.8 Å². The summed E-state index contributed by atoms with van der Waals surface area (Å²) in [6, 6.07) is -0.463. The highest BCUT2D eigenvalue weighted by molar-refractivity contribution is 5.73. The Labute approximate surface area is 85.6 Å². The molecule has 0 aromatic carbocycles. The minimum absolute atomic E-state index is 0.318. The fraction of sp³-hybridized carbons (Fsp3) is 0.900. The Morgan fingerprint density at radius 2 is 2.14 bits per heavy atom. The number of carboxylic acids is 1. The number of hydrogen-bond acceptors (Lipinski definition) is 3. The fourth-order valence-electron chi connectivity index (χ4n) is 1.04. The lowest BCUT2D eigenvalue weighted by atomic mass is 10.1. The number of carbonyl (C=O) groups is 1. The van der Waals surface area contributed by atoms with E-state index in [0.717, 1.165) is 6.42 Å². The highest BCUT2D eigenvalue weighted by Gasteiger charge is 2.21. The quantitative estimate of drug-likeness (QED) is 0.654. The molecule has 0 heterocycles. The van der Waals surface area contributed by atoms with Crippen molar-refractivity contribution in [1.82, 2.24) is 5.32 Å². The second-order valence-electron chi connectivity index (χ2n) is 4.02. The number of methoxy groups -OCH3 is 1. The molecular weight excluding hydrogens is 182 g/mol. The first-order chi connectivity index (χ1) is 6.43. The molecule has 2 N–H and O–H groups in total. The summed E-state index contributed by atoms with van der Waals surface area (Å²) in [5.41, 5.74) is -0.318. The van der Waals surface area contributed by atoms with Crippen LogP contribution in [-0.2, 0) is 9.53 Å². The van der Waals surface area contributed by atoms with Gasteiger partial charge in [0.05, 0.1) is 5.60 Å². The molecule has 0 radical (unpaired) electrons. The summed E-state index contributed by atoms with van der Waals surface area (Å²) >= 11 is 0. The van der Waals surface area contributed by atoms with Gasteiger partial charge in [-0.2, -0.15) is 0 Å². The van der Waals surface area contributed by atoms with Crippen LogP contribution in [0.1, 0.15) is 33.6 Å². The third-order valence-electron chi connectivity index (χ3n) is 2.20. The molecule has 1 atom stereocenters. The normalized spacial score (nSPS) is 14.0. The number of carboxylic acid groups (broad SMARTS) is 1. The molecule has 0 amide bonds. The monoisotopic (exact) mass is 203 g/mol. The molecule has 0 spiro atoms. The minimum atomic E-state index is -0.793. The SMILES string of the molecule is CCCC(NCC(C)(C)OC)C(=O)O. The van der Waals surface area contributed by atoms with Crippen molar-refractivity contribution in [3.05, 3.63) is 0 Å². The Morgan fingerprint density at radius 3 is 2.50 bits per heavy atom. The van der Waals surface area contributed by atoms with E-state index >= 15 is 0 Å². The lowest BCUT2D eigenvalue weighted by Gasteiger charge is -2.25. The maximum Gasteiger partial charge on any atom is 0.320 e. The van der Waals surface area contributed by atoms with Crippen molar-refractivity contribution < 1.29 is 14.6 Å². The number of rotatable bonds is 7. The zero-order valence-electron chi connectivity index (χ0n) is 9.46. The summed E-state index contributed by atoms with van der Waals surface area (Å²) in [5.74, 6) is -0.793. The first-order valence-corrected chi connectivity index (χ1v) is 4.94. The third-order valence-corrected chi connectivity index (χ3v) is 2.20. The zero-order chi connectivity index (χ0) is 11.2. The van der Waals surface area contributed by atoms with E-state index in [9.17, 15) is 4.79 Å². The molecule has 1 unspecified atom stereocenters. The van der Waals surface area contributed by atoms with E-state index in [1.54, 1.807) is 7.11 Å². The topological polar surface area (TPSA) is 58.6 Å². The van der Waals surface area contributed by atoms with Gasteiger partial charge in [-0.15, -0.1) is 0 Å². The molecule has 0 aromatic heterocycles.